The number of hydrogen-bond acceptors (Lipinski definition) is 10. The van der Waals surface area contributed by atoms with E-state index in [4.69, 9.17) is 13.9 Å². The lowest BCUT2D eigenvalue weighted by atomic mass is 9.99. The Kier molecular flexibility index (Phi) is 5.56. The van der Waals surface area contributed by atoms with Gasteiger partial charge in [0.1, 0.15) is 58.9 Å². The molecule has 1 saturated heterocycles. The van der Waals surface area contributed by atoms with Gasteiger partial charge >= 0.3 is 0 Å². The summed E-state index contributed by atoms with van der Waals surface area (Å²) < 4.78 is 16.2. The van der Waals surface area contributed by atoms with Crippen LogP contribution in [0.25, 0.3) is 22.1 Å². The maximum Gasteiger partial charge on any atom is 0.229 e. The van der Waals surface area contributed by atoms with Gasteiger partial charge in [0.05, 0.1) is 12.2 Å². The average Bonchev–Trinajstić information content (AvgIpc) is 2.75. The Morgan fingerprint density at radius 2 is 1.68 bits per heavy atom. The predicted molar refractivity (Wildman–Crippen MR) is 106 cm³/mol. The number of aromatic hydroxyl groups is 2. The molecule has 1 aliphatic rings. The second kappa shape index (κ2) is 8.17. The van der Waals surface area contributed by atoms with Crippen molar-refractivity contribution in [2.45, 2.75) is 30.7 Å². The van der Waals surface area contributed by atoms with E-state index in [0.29, 0.717) is 0 Å². The van der Waals surface area contributed by atoms with Crippen LogP contribution in [-0.4, -0.2) is 68.0 Å². The molecule has 1 aliphatic heterocycles. The van der Waals surface area contributed by atoms with E-state index in [1.54, 1.807) is 12.1 Å². The average molecular weight is 432 g/mol. The SMILES string of the molecule is O=c1c(-c2ccccc2O)coc2cc(O[C@@H]3O[C@H](CO)[C@@H](O)[C@H](O)[C@H]3O)cc(O)c12. The maximum absolute atomic E-state index is 12.9. The summed E-state index contributed by atoms with van der Waals surface area (Å²) in [4.78, 5) is 12.9. The van der Waals surface area contributed by atoms with Gasteiger partial charge in [-0.2, -0.15) is 0 Å². The second-order valence-electron chi connectivity index (χ2n) is 7.13. The molecule has 2 heterocycles. The first-order valence-corrected chi connectivity index (χ1v) is 9.36. The van der Waals surface area contributed by atoms with Crippen molar-refractivity contribution in [1.29, 1.82) is 0 Å². The minimum Gasteiger partial charge on any atom is -0.507 e. The summed E-state index contributed by atoms with van der Waals surface area (Å²) >= 11 is 0. The minimum atomic E-state index is -1.65. The molecule has 0 unspecified atom stereocenters. The molecule has 1 fully saturated rings. The second-order valence-corrected chi connectivity index (χ2v) is 7.13. The van der Waals surface area contributed by atoms with E-state index in [1.165, 1.54) is 18.2 Å². The summed E-state index contributed by atoms with van der Waals surface area (Å²) in [7, 11) is 0. The molecular weight excluding hydrogens is 412 g/mol. The fourth-order valence-corrected chi connectivity index (χ4v) is 3.46. The quantitative estimate of drug-likeness (QED) is 0.331. The van der Waals surface area contributed by atoms with Gasteiger partial charge in [-0.05, 0) is 6.07 Å². The Balaban J connectivity index is 1.70. The molecule has 2 aromatic carbocycles. The molecule has 6 N–H and O–H groups in total. The zero-order chi connectivity index (χ0) is 22.3. The molecule has 0 amide bonds. The molecule has 164 valence electrons. The lowest BCUT2D eigenvalue weighted by Crippen LogP contribution is -2.60. The molecule has 0 bridgehead atoms. The largest absolute Gasteiger partial charge is 0.507 e. The normalized spacial score (nSPS) is 26.1. The van der Waals surface area contributed by atoms with Crippen molar-refractivity contribution in [2.24, 2.45) is 0 Å². The summed E-state index contributed by atoms with van der Waals surface area (Å²) in [5, 5.41) is 59.3. The summed E-state index contributed by atoms with van der Waals surface area (Å²) in [5.74, 6) is -0.674. The van der Waals surface area contributed by atoms with Gasteiger partial charge < -0.3 is 44.5 Å². The first kappa shape index (κ1) is 21.1. The van der Waals surface area contributed by atoms with Gasteiger partial charge in [0.2, 0.25) is 11.7 Å². The first-order chi connectivity index (χ1) is 14.8. The number of para-hydroxylation sites is 1. The summed E-state index contributed by atoms with van der Waals surface area (Å²) in [5.41, 5.74) is -0.342. The Morgan fingerprint density at radius 1 is 0.935 bits per heavy atom. The topological polar surface area (TPSA) is 170 Å². The molecule has 0 saturated carbocycles. The van der Waals surface area contributed by atoms with Gasteiger partial charge in [-0.25, -0.2) is 0 Å². The van der Waals surface area contributed by atoms with Crippen LogP contribution in [0.1, 0.15) is 0 Å². The van der Waals surface area contributed by atoms with Crippen molar-refractivity contribution < 1.29 is 44.5 Å². The Labute approximate surface area is 174 Å². The highest BCUT2D eigenvalue weighted by Crippen LogP contribution is 2.34. The highest BCUT2D eigenvalue weighted by atomic mass is 16.7. The van der Waals surface area contributed by atoms with Gasteiger partial charge in [0.25, 0.3) is 0 Å². The van der Waals surface area contributed by atoms with Gasteiger partial charge in [-0.1, -0.05) is 18.2 Å². The molecule has 0 radical (unpaired) electrons. The van der Waals surface area contributed by atoms with Crippen LogP contribution in [0.3, 0.4) is 0 Å². The molecule has 4 rings (SSSR count). The number of ether oxygens (including phenoxy) is 2. The molecule has 31 heavy (non-hydrogen) atoms. The van der Waals surface area contributed by atoms with Crippen molar-refractivity contribution in [3.63, 3.8) is 0 Å². The van der Waals surface area contributed by atoms with E-state index in [2.05, 4.69) is 0 Å². The number of aliphatic hydroxyl groups excluding tert-OH is 4. The van der Waals surface area contributed by atoms with E-state index in [9.17, 15) is 35.4 Å². The van der Waals surface area contributed by atoms with Crippen LogP contribution in [-0.2, 0) is 4.74 Å². The molecule has 0 spiro atoms. The third-order valence-electron chi connectivity index (χ3n) is 5.13. The Morgan fingerprint density at radius 3 is 2.39 bits per heavy atom. The number of phenols is 2. The zero-order valence-corrected chi connectivity index (χ0v) is 16.0. The van der Waals surface area contributed by atoms with Crippen LogP contribution in [0.4, 0.5) is 0 Å². The van der Waals surface area contributed by atoms with Gasteiger partial charge in [-0.3, -0.25) is 4.79 Å². The molecule has 10 heteroatoms. The van der Waals surface area contributed by atoms with Crippen molar-refractivity contribution in [1.82, 2.24) is 0 Å². The molecule has 0 aliphatic carbocycles. The Bertz CT molecular complexity index is 1150. The standard InChI is InChI=1S/C21H20O10/c22-7-15-18(26)19(27)20(28)21(31-15)30-9-5-13(24)16-14(6-9)29-8-11(17(16)25)10-3-1-2-4-12(10)23/h1-6,8,15,18-24,26-28H,7H2/t15-,18-,19+,20-,21-/m1/s1. The number of rotatable bonds is 4. The van der Waals surface area contributed by atoms with Crippen LogP contribution in [0, 0.1) is 0 Å². The van der Waals surface area contributed by atoms with Crippen LogP contribution < -0.4 is 10.2 Å². The number of aliphatic hydroxyl groups is 4. The van der Waals surface area contributed by atoms with Crippen LogP contribution in [0.2, 0.25) is 0 Å². The van der Waals surface area contributed by atoms with Crippen molar-refractivity contribution in [3.05, 3.63) is 52.9 Å². The molecule has 10 nitrogen and oxygen atoms in total. The highest BCUT2D eigenvalue weighted by Gasteiger charge is 2.44. The Hall–Kier alpha value is -3.15. The molecule has 3 aromatic rings. The van der Waals surface area contributed by atoms with Crippen LogP contribution in [0.15, 0.2) is 51.9 Å². The highest BCUT2D eigenvalue weighted by molar-refractivity contribution is 5.88. The third kappa shape index (κ3) is 3.71. The first-order valence-electron chi connectivity index (χ1n) is 9.36. The van der Waals surface area contributed by atoms with E-state index in [0.717, 1.165) is 12.3 Å². The number of fused-ring (bicyclic) bond motifs is 1. The van der Waals surface area contributed by atoms with Crippen molar-refractivity contribution >= 4 is 11.0 Å². The van der Waals surface area contributed by atoms with E-state index in [1.807, 2.05) is 0 Å². The van der Waals surface area contributed by atoms with Gasteiger partial charge in [0.15, 0.2) is 0 Å². The lowest BCUT2D eigenvalue weighted by Gasteiger charge is -2.39. The van der Waals surface area contributed by atoms with Crippen molar-refractivity contribution in [2.75, 3.05) is 6.61 Å². The van der Waals surface area contributed by atoms with Gasteiger partial charge in [0, 0.05) is 17.7 Å². The molecular formula is C21H20O10. The van der Waals surface area contributed by atoms with Gasteiger partial charge in [-0.15, -0.1) is 0 Å². The molecule has 5 atom stereocenters. The summed E-state index contributed by atoms with van der Waals surface area (Å²) in [6.45, 7) is -0.627. The fourth-order valence-electron chi connectivity index (χ4n) is 3.46. The number of phenolic OH excluding ortho intramolecular Hbond substituents is 2. The summed E-state index contributed by atoms with van der Waals surface area (Å²) in [6, 6.07) is 8.54. The minimum absolute atomic E-state index is 0.0382. The van der Waals surface area contributed by atoms with Crippen molar-refractivity contribution in [3.8, 4) is 28.4 Å². The smallest absolute Gasteiger partial charge is 0.229 e. The fraction of sp³-hybridized carbons (Fsp3) is 0.286. The van der Waals surface area contributed by atoms with E-state index in [-0.39, 0.29) is 33.6 Å². The van der Waals surface area contributed by atoms with E-state index >= 15 is 0 Å². The molecule has 1 aromatic heterocycles. The predicted octanol–water partition coefficient (Wildman–Crippen LogP) is 0.0499. The lowest BCUT2D eigenvalue weighted by molar-refractivity contribution is -0.277. The number of benzene rings is 2. The number of hydrogen-bond donors (Lipinski definition) is 6. The van der Waals surface area contributed by atoms with Crippen LogP contribution >= 0.6 is 0 Å². The van der Waals surface area contributed by atoms with E-state index < -0.39 is 48.5 Å². The van der Waals surface area contributed by atoms with Crippen LogP contribution in [0.5, 0.6) is 17.2 Å². The monoisotopic (exact) mass is 432 g/mol. The third-order valence-corrected chi connectivity index (χ3v) is 5.13. The summed E-state index contributed by atoms with van der Waals surface area (Å²) in [6.07, 6.45) is -6.33. The maximum atomic E-state index is 12.9. The zero-order valence-electron chi connectivity index (χ0n) is 16.0.